The third-order valence-corrected chi connectivity index (χ3v) is 6.49. The predicted molar refractivity (Wildman–Crippen MR) is 112 cm³/mol. The molecule has 1 atom stereocenters. The lowest BCUT2D eigenvalue weighted by molar-refractivity contribution is -0.133. The molecule has 4 nitrogen and oxygen atoms in total. The Hall–Kier alpha value is -2.11. The van der Waals surface area contributed by atoms with Crippen LogP contribution >= 0.6 is 11.6 Å². The summed E-state index contributed by atoms with van der Waals surface area (Å²) in [5.41, 5.74) is 2.12. The number of benzene rings is 2. The third-order valence-electron chi connectivity index (χ3n) is 6.18. The number of nitrogens with zero attached hydrogens (tertiary/aromatic N) is 2. The molecule has 0 spiro atoms. The van der Waals surface area contributed by atoms with Crippen molar-refractivity contribution < 1.29 is 13.9 Å². The zero-order valence-electron chi connectivity index (χ0n) is 16.6. The monoisotopic (exact) mass is 416 g/mol. The molecule has 29 heavy (non-hydrogen) atoms. The Morgan fingerprint density at radius 3 is 2.45 bits per heavy atom. The number of halogens is 2. The van der Waals surface area contributed by atoms with Gasteiger partial charge < -0.3 is 9.64 Å². The van der Waals surface area contributed by atoms with Crippen LogP contribution < -0.4 is 4.74 Å². The number of rotatable bonds is 5. The van der Waals surface area contributed by atoms with Crippen LogP contribution in [0.4, 0.5) is 4.39 Å². The normalized spacial score (nSPS) is 21.0. The fourth-order valence-electron chi connectivity index (χ4n) is 4.50. The van der Waals surface area contributed by atoms with E-state index in [0.29, 0.717) is 19.0 Å². The Balaban J connectivity index is 1.33. The quantitative estimate of drug-likeness (QED) is 0.721. The summed E-state index contributed by atoms with van der Waals surface area (Å²) in [5, 5.41) is 0.110. The van der Waals surface area contributed by atoms with Crippen LogP contribution in [-0.2, 0) is 11.3 Å². The van der Waals surface area contributed by atoms with Crippen LogP contribution in [0.25, 0.3) is 0 Å². The van der Waals surface area contributed by atoms with E-state index in [1.165, 1.54) is 11.6 Å². The maximum Gasteiger partial charge on any atom is 0.240 e. The maximum absolute atomic E-state index is 13.7. The minimum absolute atomic E-state index is 0.0519. The average molecular weight is 417 g/mol. The van der Waals surface area contributed by atoms with Gasteiger partial charge in [-0.2, -0.15) is 0 Å². The first-order valence-corrected chi connectivity index (χ1v) is 10.5. The number of carbonyl (C=O) groups excluding carboxylic acids is 1. The van der Waals surface area contributed by atoms with Gasteiger partial charge in [-0.3, -0.25) is 9.69 Å². The first-order chi connectivity index (χ1) is 14.0. The number of hydrogen-bond donors (Lipinski definition) is 0. The third kappa shape index (κ3) is 4.41. The molecule has 0 aromatic heterocycles. The van der Waals surface area contributed by atoms with Gasteiger partial charge in [0.2, 0.25) is 5.91 Å². The van der Waals surface area contributed by atoms with Crippen LogP contribution in [-0.4, -0.2) is 48.5 Å². The molecular weight excluding hydrogens is 391 g/mol. The fourth-order valence-corrected chi connectivity index (χ4v) is 4.61. The topological polar surface area (TPSA) is 32.8 Å². The molecule has 1 unspecified atom stereocenters. The van der Waals surface area contributed by atoms with Crippen molar-refractivity contribution in [2.75, 3.05) is 26.7 Å². The molecule has 2 aromatic rings. The van der Waals surface area contributed by atoms with Crippen LogP contribution in [0.3, 0.4) is 0 Å². The maximum atomic E-state index is 13.7. The highest BCUT2D eigenvalue weighted by Crippen LogP contribution is 2.32. The Labute approximate surface area is 176 Å². The van der Waals surface area contributed by atoms with Crippen molar-refractivity contribution in [1.29, 1.82) is 0 Å². The van der Waals surface area contributed by atoms with Gasteiger partial charge in [-0.1, -0.05) is 29.8 Å². The van der Waals surface area contributed by atoms with Crippen LogP contribution in [0.2, 0.25) is 5.02 Å². The van der Waals surface area contributed by atoms with E-state index in [1.54, 1.807) is 19.2 Å². The molecule has 1 amide bonds. The molecule has 154 valence electrons. The largest absolute Gasteiger partial charge is 0.497 e. The highest BCUT2D eigenvalue weighted by molar-refractivity contribution is 6.30. The molecule has 0 N–H and O–H groups in total. The molecule has 0 saturated carbocycles. The zero-order chi connectivity index (χ0) is 20.4. The first kappa shape index (κ1) is 20.2. The lowest BCUT2D eigenvalue weighted by atomic mass is 9.89. The number of methoxy groups -OCH3 is 1. The van der Waals surface area contributed by atoms with Crippen molar-refractivity contribution in [2.45, 2.75) is 37.8 Å². The van der Waals surface area contributed by atoms with E-state index < -0.39 is 5.82 Å². The molecule has 2 fully saturated rings. The van der Waals surface area contributed by atoms with E-state index in [1.807, 2.05) is 17.0 Å². The average Bonchev–Trinajstić information content (AvgIpc) is 3.11. The van der Waals surface area contributed by atoms with Crippen LogP contribution in [0.1, 0.15) is 36.3 Å². The molecule has 2 saturated heterocycles. The van der Waals surface area contributed by atoms with Gasteiger partial charge in [-0.05, 0) is 73.7 Å². The van der Waals surface area contributed by atoms with Crippen molar-refractivity contribution in [1.82, 2.24) is 9.80 Å². The molecular formula is C23H26ClFN2O2. The van der Waals surface area contributed by atoms with Crippen molar-refractivity contribution >= 4 is 17.5 Å². The van der Waals surface area contributed by atoms with E-state index in [-0.39, 0.29) is 17.0 Å². The van der Waals surface area contributed by atoms with E-state index in [9.17, 15) is 9.18 Å². The van der Waals surface area contributed by atoms with Gasteiger partial charge in [0.15, 0.2) is 0 Å². The Bertz CT molecular complexity index is 866. The first-order valence-electron chi connectivity index (χ1n) is 10.2. The number of likely N-dealkylation sites (tertiary alicyclic amines) is 2. The number of ether oxygens (including phenoxy) is 1. The van der Waals surface area contributed by atoms with Crippen LogP contribution in [0.15, 0.2) is 42.5 Å². The predicted octanol–water partition coefficient (Wildman–Crippen LogP) is 4.47. The summed E-state index contributed by atoms with van der Waals surface area (Å²) >= 11 is 5.75. The minimum Gasteiger partial charge on any atom is -0.497 e. The van der Waals surface area contributed by atoms with E-state index >= 15 is 0 Å². The molecule has 2 aliphatic heterocycles. The van der Waals surface area contributed by atoms with Crippen molar-refractivity contribution in [3.63, 3.8) is 0 Å². The number of carbonyl (C=O) groups is 1. The Morgan fingerprint density at radius 2 is 1.79 bits per heavy atom. The molecule has 6 heteroatoms. The summed E-state index contributed by atoms with van der Waals surface area (Å²) in [5.74, 6) is 1.13. The number of piperidine rings is 1. The number of amides is 1. The highest BCUT2D eigenvalue weighted by atomic mass is 35.5. The molecule has 2 heterocycles. The lowest BCUT2D eigenvalue weighted by Crippen LogP contribution is -2.45. The van der Waals surface area contributed by atoms with Gasteiger partial charge in [0, 0.05) is 13.1 Å². The molecule has 2 aromatic carbocycles. The molecule has 0 aliphatic carbocycles. The summed E-state index contributed by atoms with van der Waals surface area (Å²) in [7, 11) is 1.68. The SMILES string of the molecule is COc1ccc(C2CCN(C3CCN(Cc4ccc(Cl)c(F)c4)C3=O)CC2)cc1. The molecule has 0 radical (unpaired) electrons. The molecule has 2 aliphatic rings. The summed E-state index contributed by atoms with van der Waals surface area (Å²) in [6, 6.07) is 13.0. The summed E-state index contributed by atoms with van der Waals surface area (Å²) in [6.07, 6.45) is 2.94. The second-order valence-electron chi connectivity index (χ2n) is 7.90. The van der Waals surface area contributed by atoms with Crippen molar-refractivity contribution in [2.24, 2.45) is 0 Å². The van der Waals surface area contributed by atoms with Crippen LogP contribution in [0.5, 0.6) is 5.75 Å². The summed E-state index contributed by atoms with van der Waals surface area (Å²) in [6.45, 7) is 3.00. The smallest absolute Gasteiger partial charge is 0.240 e. The van der Waals surface area contributed by atoms with Gasteiger partial charge in [0.25, 0.3) is 0 Å². The van der Waals surface area contributed by atoms with Gasteiger partial charge >= 0.3 is 0 Å². The summed E-state index contributed by atoms with van der Waals surface area (Å²) in [4.78, 5) is 17.1. The second-order valence-corrected chi connectivity index (χ2v) is 8.30. The minimum atomic E-state index is -0.437. The van der Waals surface area contributed by atoms with Gasteiger partial charge in [-0.25, -0.2) is 4.39 Å². The van der Waals surface area contributed by atoms with E-state index in [4.69, 9.17) is 16.3 Å². The Kier molecular flexibility index (Phi) is 6.07. The van der Waals surface area contributed by atoms with Gasteiger partial charge in [0.05, 0.1) is 18.2 Å². The standard InChI is InChI=1S/C23H26ClFN2O2/c1-29-19-5-3-17(4-6-19)18-8-11-26(12-9-18)22-10-13-27(23(22)28)15-16-2-7-20(24)21(25)14-16/h2-7,14,18,22H,8-13,15H2,1H3. The highest BCUT2D eigenvalue weighted by Gasteiger charge is 2.37. The van der Waals surface area contributed by atoms with Gasteiger partial charge in [-0.15, -0.1) is 0 Å². The summed E-state index contributed by atoms with van der Waals surface area (Å²) < 4.78 is 18.9. The van der Waals surface area contributed by atoms with E-state index in [2.05, 4.69) is 17.0 Å². The Morgan fingerprint density at radius 1 is 1.07 bits per heavy atom. The molecule has 4 rings (SSSR count). The van der Waals surface area contributed by atoms with Crippen molar-refractivity contribution in [3.8, 4) is 5.75 Å². The molecule has 0 bridgehead atoms. The lowest BCUT2D eigenvalue weighted by Gasteiger charge is -2.35. The number of hydrogen-bond acceptors (Lipinski definition) is 3. The van der Waals surface area contributed by atoms with E-state index in [0.717, 1.165) is 43.7 Å². The van der Waals surface area contributed by atoms with Gasteiger partial charge in [0.1, 0.15) is 11.6 Å². The zero-order valence-corrected chi connectivity index (χ0v) is 17.4. The fraction of sp³-hybridized carbons (Fsp3) is 0.435. The van der Waals surface area contributed by atoms with Crippen LogP contribution in [0, 0.1) is 5.82 Å². The second kappa shape index (κ2) is 8.72. The van der Waals surface area contributed by atoms with Crippen molar-refractivity contribution in [3.05, 3.63) is 64.4 Å².